The highest BCUT2D eigenvalue weighted by atomic mass is 19.1. The minimum absolute atomic E-state index is 0.0357. The van der Waals surface area contributed by atoms with Gasteiger partial charge in [-0.2, -0.15) is 0 Å². The van der Waals surface area contributed by atoms with Gasteiger partial charge in [0.1, 0.15) is 24.9 Å². The molecule has 0 aromatic heterocycles. The zero-order valence-corrected chi connectivity index (χ0v) is 16.0. The average Bonchev–Trinajstić information content (AvgIpc) is 2.60. The van der Waals surface area contributed by atoms with Crippen LogP contribution in [0.4, 0.5) is 8.78 Å². The van der Waals surface area contributed by atoms with Crippen LogP contribution in [0.5, 0.6) is 0 Å². The SMILES string of the molecule is C=Cc1ccc(C=CC(CF)(CF)C(=O)OC(C(=C)C)C(C)C)cc1C. The van der Waals surface area contributed by atoms with E-state index in [2.05, 4.69) is 13.2 Å². The van der Waals surface area contributed by atoms with Crippen LogP contribution in [0.25, 0.3) is 12.2 Å². The molecule has 0 aliphatic heterocycles. The molecule has 0 saturated heterocycles. The fourth-order valence-electron chi connectivity index (χ4n) is 2.63. The number of carbonyl (C=O) groups is 1. The van der Waals surface area contributed by atoms with Crippen molar-refractivity contribution in [2.75, 3.05) is 13.3 Å². The summed E-state index contributed by atoms with van der Waals surface area (Å²) in [7, 11) is 0. The van der Waals surface area contributed by atoms with E-state index < -0.39 is 30.8 Å². The van der Waals surface area contributed by atoms with Gasteiger partial charge in [0, 0.05) is 0 Å². The van der Waals surface area contributed by atoms with Gasteiger partial charge < -0.3 is 4.74 Å². The molecule has 1 rings (SSSR count). The number of hydrogen-bond donors (Lipinski definition) is 0. The molecule has 1 aromatic rings. The summed E-state index contributed by atoms with van der Waals surface area (Å²) in [4.78, 5) is 12.5. The Labute approximate surface area is 155 Å². The second-order valence-corrected chi connectivity index (χ2v) is 6.99. The zero-order valence-electron chi connectivity index (χ0n) is 16.0. The number of ether oxygens (including phenoxy) is 1. The third-order valence-electron chi connectivity index (χ3n) is 4.32. The van der Waals surface area contributed by atoms with Gasteiger partial charge >= 0.3 is 5.97 Å². The van der Waals surface area contributed by atoms with Crippen LogP contribution in [-0.4, -0.2) is 25.4 Å². The minimum atomic E-state index is -1.95. The summed E-state index contributed by atoms with van der Waals surface area (Å²) < 4.78 is 32.8. The number of rotatable bonds is 9. The molecular weight excluding hydrogens is 334 g/mol. The van der Waals surface area contributed by atoms with Crippen LogP contribution in [-0.2, 0) is 9.53 Å². The third kappa shape index (κ3) is 5.13. The normalized spacial score (nSPS) is 13.0. The third-order valence-corrected chi connectivity index (χ3v) is 4.32. The number of hydrogen-bond acceptors (Lipinski definition) is 2. The topological polar surface area (TPSA) is 26.3 Å². The van der Waals surface area contributed by atoms with Crippen LogP contribution in [0.15, 0.2) is 43.0 Å². The lowest BCUT2D eigenvalue weighted by Gasteiger charge is -2.28. The Morgan fingerprint density at radius 1 is 1.31 bits per heavy atom. The van der Waals surface area contributed by atoms with Crippen molar-refractivity contribution in [3.05, 3.63) is 59.7 Å². The Morgan fingerprint density at radius 2 is 1.92 bits per heavy atom. The molecule has 0 bridgehead atoms. The van der Waals surface area contributed by atoms with Gasteiger partial charge in [0.2, 0.25) is 0 Å². The lowest BCUT2D eigenvalue weighted by molar-refractivity contribution is -0.160. The van der Waals surface area contributed by atoms with Crippen molar-refractivity contribution in [1.82, 2.24) is 0 Å². The molecule has 0 radical (unpaired) electrons. The molecule has 142 valence electrons. The van der Waals surface area contributed by atoms with Gasteiger partial charge in [0.05, 0.1) is 0 Å². The van der Waals surface area contributed by atoms with E-state index in [9.17, 15) is 13.6 Å². The van der Waals surface area contributed by atoms with Crippen LogP contribution in [0.1, 0.15) is 37.5 Å². The second kappa shape index (κ2) is 9.46. The highest BCUT2D eigenvalue weighted by Crippen LogP contribution is 2.28. The van der Waals surface area contributed by atoms with Crippen molar-refractivity contribution in [3.8, 4) is 0 Å². The fraction of sp³-hybridized carbons (Fsp3) is 0.409. The largest absolute Gasteiger partial charge is 0.457 e. The monoisotopic (exact) mass is 362 g/mol. The molecule has 0 N–H and O–H groups in total. The Hall–Kier alpha value is -2.23. The van der Waals surface area contributed by atoms with Gasteiger partial charge in [0.15, 0.2) is 0 Å². The molecular formula is C22H28F2O2. The van der Waals surface area contributed by atoms with Gasteiger partial charge in [-0.15, -0.1) is 0 Å². The average molecular weight is 362 g/mol. The summed E-state index contributed by atoms with van der Waals surface area (Å²) >= 11 is 0. The van der Waals surface area contributed by atoms with Gasteiger partial charge in [-0.05, 0) is 42.0 Å². The molecule has 26 heavy (non-hydrogen) atoms. The van der Waals surface area contributed by atoms with Gasteiger partial charge in [-0.25, -0.2) is 8.78 Å². The van der Waals surface area contributed by atoms with E-state index in [1.807, 2.05) is 32.9 Å². The lowest BCUT2D eigenvalue weighted by atomic mass is 9.89. The first kappa shape index (κ1) is 21.8. The quantitative estimate of drug-likeness (QED) is 0.415. The summed E-state index contributed by atoms with van der Waals surface area (Å²) in [5.41, 5.74) is 1.39. The maximum Gasteiger partial charge on any atom is 0.321 e. The van der Waals surface area contributed by atoms with Crippen molar-refractivity contribution in [1.29, 1.82) is 0 Å². The van der Waals surface area contributed by atoms with E-state index in [0.29, 0.717) is 5.57 Å². The van der Waals surface area contributed by atoms with Crippen LogP contribution in [0.2, 0.25) is 0 Å². The Balaban J connectivity index is 3.11. The molecule has 2 nitrogen and oxygen atoms in total. The summed E-state index contributed by atoms with van der Waals surface area (Å²) in [5.74, 6) is -0.952. The Bertz CT molecular complexity index is 685. The highest BCUT2D eigenvalue weighted by Gasteiger charge is 2.40. The molecule has 0 aliphatic rings. The molecule has 0 spiro atoms. The maximum atomic E-state index is 13.7. The molecule has 0 amide bonds. The first-order valence-corrected chi connectivity index (χ1v) is 8.61. The van der Waals surface area contributed by atoms with Crippen LogP contribution in [0.3, 0.4) is 0 Å². The van der Waals surface area contributed by atoms with E-state index in [0.717, 1.165) is 16.7 Å². The summed E-state index contributed by atoms with van der Waals surface area (Å²) in [5, 5.41) is 0. The smallest absolute Gasteiger partial charge is 0.321 e. The van der Waals surface area contributed by atoms with E-state index >= 15 is 0 Å². The molecule has 4 heteroatoms. The summed E-state index contributed by atoms with van der Waals surface area (Å²) in [6.45, 7) is 12.5. The van der Waals surface area contributed by atoms with E-state index in [1.165, 1.54) is 6.08 Å². The number of alkyl halides is 2. The molecule has 1 unspecified atom stereocenters. The highest BCUT2D eigenvalue weighted by molar-refractivity contribution is 5.81. The van der Waals surface area contributed by atoms with Crippen molar-refractivity contribution in [2.24, 2.45) is 11.3 Å². The van der Waals surface area contributed by atoms with Crippen molar-refractivity contribution >= 4 is 18.1 Å². The molecule has 1 aromatic carbocycles. The molecule has 0 aliphatic carbocycles. The van der Waals surface area contributed by atoms with Gasteiger partial charge in [-0.3, -0.25) is 4.79 Å². The second-order valence-electron chi connectivity index (χ2n) is 6.99. The minimum Gasteiger partial charge on any atom is -0.457 e. The van der Waals surface area contributed by atoms with E-state index in [1.54, 1.807) is 25.1 Å². The van der Waals surface area contributed by atoms with E-state index in [-0.39, 0.29) is 5.92 Å². The maximum absolute atomic E-state index is 13.7. The first-order chi connectivity index (χ1) is 12.2. The molecule has 0 fully saturated rings. The zero-order chi connectivity index (χ0) is 19.9. The summed E-state index contributed by atoms with van der Waals surface area (Å²) in [6.07, 6.45) is 3.96. The Kier molecular flexibility index (Phi) is 7.94. The van der Waals surface area contributed by atoms with Crippen molar-refractivity contribution in [2.45, 2.75) is 33.8 Å². The van der Waals surface area contributed by atoms with Gasteiger partial charge in [0.25, 0.3) is 0 Å². The van der Waals surface area contributed by atoms with Crippen LogP contribution >= 0.6 is 0 Å². The predicted octanol–water partition coefficient (Wildman–Crippen LogP) is 5.72. The number of benzene rings is 1. The lowest BCUT2D eigenvalue weighted by Crippen LogP contribution is -2.39. The van der Waals surface area contributed by atoms with E-state index in [4.69, 9.17) is 4.74 Å². The standard InChI is InChI=1S/C22H28F2O2/c1-7-19-9-8-18(12-17(19)6)10-11-22(13-23,14-24)21(25)26-20(15(2)3)16(4)5/h7-12,16,20H,1-2,13-14H2,3-6H3. The van der Waals surface area contributed by atoms with Crippen molar-refractivity contribution in [3.63, 3.8) is 0 Å². The Morgan fingerprint density at radius 3 is 2.35 bits per heavy atom. The summed E-state index contributed by atoms with van der Waals surface area (Å²) in [6, 6.07) is 5.53. The fourth-order valence-corrected chi connectivity index (χ4v) is 2.63. The van der Waals surface area contributed by atoms with Crippen LogP contribution < -0.4 is 0 Å². The number of carbonyl (C=O) groups excluding carboxylic acids is 1. The number of esters is 1. The molecule has 0 saturated carbocycles. The number of halogens is 2. The first-order valence-electron chi connectivity index (χ1n) is 8.61. The molecule has 1 atom stereocenters. The van der Waals surface area contributed by atoms with Gasteiger partial charge in [-0.1, -0.05) is 63.4 Å². The number of aryl methyl sites for hydroxylation is 1. The van der Waals surface area contributed by atoms with Crippen molar-refractivity contribution < 1.29 is 18.3 Å². The van der Waals surface area contributed by atoms with Crippen LogP contribution in [0, 0.1) is 18.3 Å². The molecule has 0 heterocycles. The predicted molar refractivity (Wildman–Crippen MR) is 104 cm³/mol.